The number of hydrogen-bond donors (Lipinski definition) is 3. The highest BCUT2D eigenvalue weighted by molar-refractivity contribution is 7.99. The molecule has 2 aromatic rings. The molecule has 19 heavy (non-hydrogen) atoms. The van der Waals surface area contributed by atoms with Crippen molar-refractivity contribution in [1.29, 1.82) is 0 Å². The molecule has 0 spiro atoms. The standard InChI is InChI=1S/C14H21N3OS/c1-9-4-5-11-12(6-9)17-13(16-11)19-10(2)7-14(3,15)8-18/h4-6,10,18H,7-8,15H2,1-3H3,(H,16,17). The highest BCUT2D eigenvalue weighted by Gasteiger charge is 2.21. The molecule has 0 fully saturated rings. The zero-order chi connectivity index (χ0) is 14.0. The Bertz CT molecular complexity index is 565. The molecule has 0 saturated carbocycles. The van der Waals surface area contributed by atoms with Crippen molar-refractivity contribution < 1.29 is 5.11 Å². The third-order valence-electron chi connectivity index (χ3n) is 3.04. The van der Waals surface area contributed by atoms with E-state index in [1.807, 2.05) is 13.0 Å². The monoisotopic (exact) mass is 279 g/mol. The number of aromatic amines is 1. The Morgan fingerprint density at radius 3 is 2.95 bits per heavy atom. The maximum absolute atomic E-state index is 9.20. The van der Waals surface area contributed by atoms with Gasteiger partial charge < -0.3 is 15.8 Å². The van der Waals surface area contributed by atoms with Crippen LogP contribution in [0.15, 0.2) is 23.4 Å². The summed E-state index contributed by atoms with van der Waals surface area (Å²) in [5.74, 6) is 0. The third kappa shape index (κ3) is 3.72. The van der Waals surface area contributed by atoms with E-state index in [2.05, 4.69) is 35.9 Å². The van der Waals surface area contributed by atoms with Crippen LogP contribution in [0.1, 0.15) is 25.8 Å². The van der Waals surface area contributed by atoms with E-state index in [-0.39, 0.29) is 6.61 Å². The quantitative estimate of drug-likeness (QED) is 0.735. The number of nitrogens with two attached hydrogens (primary N) is 1. The Morgan fingerprint density at radius 1 is 1.53 bits per heavy atom. The summed E-state index contributed by atoms with van der Waals surface area (Å²) in [6, 6.07) is 6.18. The Kier molecular flexibility index (Phi) is 4.18. The highest BCUT2D eigenvalue weighted by Crippen LogP contribution is 2.27. The van der Waals surface area contributed by atoms with Gasteiger partial charge in [-0.3, -0.25) is 0 Å². The number of H-pyrrole nitrogens is 1. The van der Waals surface area contributed by atoms with E-state index < -0.39 is 5.54 Å². The second-order valence-electron chi connectivity index (χ2n) is 5.51. The first-order valence-corrected chi connectivity index (χ1v) is 7.30. The summed E-state index contributed by atoms with van der Waals surface area (Å²) in [5.41, 5.74) is 8.70. The summed E-state index contributed by atoms with van der Waals surface area (Å²) in [5, 5.41) is 10.4. The van der Waals surface area contributed by atoms with Gasteiger partial charge >= 0.3 is 0 Å². The van der Waals surface area contributed by atoms with E-state index in [1.54, 1.807) is 11.8 Å². The predicted octanol–water partition coefficient (Wildman–Crippen LogP) is 2.45. The van der Waals surface area contributed by atoms with Gasteiger partial charge in [-0.25, -0.2) is 4.98 Å². The van der Waals surface area contributed by atoms with Gasteiger partial charge in [-0.05, 0) is 38.0 Å². The van der Waals surface area contributed by atoms with E-state index in [9.17, 15) is 5.11 Å². The smallest absolute Gasteiger partial charge is 0.166 e. The summed E-state index contributed by atoms with van der Waals surface area (Å²) in [6.07, 6.45) is 0.740. The number of aliphatic hydroxyl groups is 1. The van der Waals surface area contributed by atoms with Crippen LogP contribution in [0, 0.1) is 6.92 Å². The van der Waals surface area contributed by atoms with E-state index in [4.69, 9.17) is 5.73 Å². The van der Waals surface area contributed by atoms with Crippen LogP contribution in [-0.2, 0) is 0 Å². The lowest BCUT2D eigenvalue weighted by Gasteiger charge is -2.24. The van der Waals surface area contributed by atoms with Gasteiger partial charge in [0, 0.05) is 10.8 Å². The number of thioether (sulfide) groups is 1. The van der Waals surface area contributed by atoms with E-state index in [0.717, 1.165) is 22.6 Å². The van der Waals surface area contributed by atoms with Crippen molar-refractivity contribution >= 4 is 22.8 Å². The number of imidazole rings is 1. The largest absolute Gasteiger partial charge is 0.394 e. The number of aryl methyl sites for hydroxylation is 1. The fraction of sp³-hybridized carbons (Fsp3) is 0.500. The molecule has 1 aromatic heterocycles. The van der Waals surface area contributed by atoms with E-state index in [1.165, 1.54) is 5.56 Å². The van der Waals surface area contributed by atoms with Crippen LogP contribution in [0.5, 0.6) is 0 Å². The van der Waals surface area contributed by atoms with Gasteiger partial charge in [0.05, 0.1) is 17.6 Å². The lowest BCUT2D eigenvalue weighted by molar-refractivity contribution is 0.201. The van der Waals surface area contributed by atoms with Crippen LogP contribution >= 0.6 is 11.8 Å². The number of aromatic nitrogens is 2. The van der Waals surface area contributed by atoms with Crippen molar-refractivity contribution in [3.05, 3.63) is 23.8 Å². The first-order valence-electron chi connectivity index (χ1n) is 6.42. The zero-order valence-corrected chi connectivity index (χ0v) is 12.4. The number of aliphatic hydroxyl groups excluding tert-OH is 1. The SMILES string of the molecule is Cc1ccc2nc(SC(C)CC(C)(N)CO)[nH]c2c1. The van der Waals surface area contributed by atoms with Gasteiger partial charge in [0.15, 0.2) is 5.16 Å². The Balaban J connectivity index is 2.09. The van der Waals surface area contributed by atoms with Gasteiger partial charge in [-0.2, -0.15) is 0 Å². The van der Waals surface area contributed by atoms with Gasteiger partial charge in [-0.15, -0.1) is 0 Å². The van der Waals surface area contributed by atoms with Crippen molar-refractivity contribution in [2.24, 2.45) is 5.73 Å². The fourth-order valence-corrected chi connectivity index (χ4v) is 3.27. The molecule has 104 valence electrons. The molecule has 0 radical (unpaired) electrons. The highest BCUT2D eigenvalue weighted by atomic mass is 32.2. The normalized spacial score (nSPS) is 16.5. The number of rotatable bonds is 5. The van der Waals surface area contributed by atoms with Crippen LogP contribution in [0.25, 0.3) is 11.0 Å². The summed E-state index contributed by atoms with van der Waals surface area (Å²) < 4.78 is 0. The Hall–Kier alpha value is -1.04. The molecule has 0 amide bonds. The fourth-order valence-electron chi connectivity index (χ4n) is 2.11. The number of fused-ring (bicyclic) bond motifs is 1. The molecule has 0 saturated heterocycles. The number of nitrogens with one attached hydrogen (secondary N) is 1. The van der Waals surface area contributed by atoms with E-state index in [0.29, 0.717) is 5.25 Å². The molecular weight excluding hydrogens is 258 g/mol. The topological polar surface area (TPSA) is 74.9 Å². The Morgan fingerprint density at radius 2 is 2.26 bits per heavy atom. The van der Waals surface area contributed by atoms with Crippen LogP contribution in [0.4, 0.5) is 0 Å². The molecule has 5 heteroatoms. The van der Waals surface area contributed by atoms with Gasteiger partial charge in [0.2, 0.25) is 0 Å². The summed E-state index contributed by atoms with van der Waals surface area (Å²) in [6.45, 7) is 6.03. The third-order valence-corrected chi connectivity index (χ3v) is 4.03. The lowest BCUT2D eigenvalue weighted by atomic mass is 9.99. The van der Waals surface area contributed by atoms with Crippen molar-refractivity contribution in [3.8, 4) is 0 Å². The average Bonchev–Trinajstić information content (AvgIpc) is 2.69. The molecule has 0 aliphatic carbocycles. The van der Waals surface area contributed by atoms with Crippen LogP contribution in [0.3, 0.4) is 0 Å². The molecular formula is C14H21N3OS. The first-order chi connectivity index (χ1) is 8.89. The summed E-state index contributed by atoms with van der Waals surface area (Å²) in [4.78, 5) is 7.87. The molecule has 4 nitrogen and oxygen atoms in total. The summed E-state index contributed by atoms with van der Waals surface area (Å²) >= 11 is 1.66. The minimum Gasteiger partial charge on any atom is -0.394 e. The van der Waals surface area contributed by atoms with Crippen molar-refractivity contribution in [1.82, 2.24) is 9.97 Å². The van der Waals surface area contributed by atoms with Crippen molar-refractivity contribution in [3.63, 3.8) is 0 Å². The van der Waals surface area contributed by atoms with Crippen LogP contribution in [0.2, 0.25) is 0 Å². The van der Waals surface area contributed by atoms with Crippen molar-refractivity contribution in [2.45, 2.75) is 43.1 Å². The summed E-state index contributed by atoms with van der Waals surface area (Å²) in [7, 11) is 0. The second-order valence-corrected chi connectivity index (χ2v) is 6.93. The zero-order valence-electron chi connectivity index (χ0n) is 11.6. The average molecular weight is 279 g/mol. The molecule has 0 bridgehead atoms. The molecule has 2 unspecified atom stereocenters. The molecule has 2 atom stereocenters. The van der Waals surface area contributed by atoms with Crippen LogP contribution < -0.4 is 5.73 Å². The van der Waals surface area contributed by atoms with Gasteiger partial charge in [0.25, 0.3) is 0 Å². The predicted molar refractivity (Wildman–Crippen MR) is 80.4 cm³/mol. The number of nitrogens with zero attached hydrogens (tertiary/aromatic N) is 1. The number of hydrogen-bond acceptors (Lipinski definition) is 4. The minimum absolute atomic E-state index is 0.00275. The molecule has 0 aliphatic heterocycles. The molecule has 2 rings (SSSR count). The molecule has 0 aliphatic rings. The molecule has 4 N–H and O–H groups in total. The maximum Gasteiger partial charge on any atom is 0.166 e. The molecule has 1 aromatic carbocycles. The first kappa shape index (κ1) is 14.4. The Labute approximate surface area is 117 Å². The van der Waals surface area contributed by atoms with Crippen LogP contribution in [-0.4, -0.2) is 32.5 Å². The van der Waals surface area contributed by atoms with Gasteiger partial charge in [-0.1, -0.05) is 24.8 Å². The minimum atomic E-state index is -0.533. The van der Waals surface area contributed by atoms with Crippen molar-refractivity contribution in [2.75, 3.05) is 6.61 Å². The second kappa shape index (κ2) is 5.53. The van der Waals surface area contributed by atoms with Gasteiger partial charge in [0.1, 0.15) is 0 Å². The van der Waals surface area contributed by atoms with E-state index >= 15 is 0 Å². The number of benzene rings is 1. The lowest BCUT2D eigenvalue weighted by Crippen LogP contribution is -2.42. The maximum atomic E-state index is 9.20. The molecule has 1 heterocycles.